The van der Waals surface area contributed by atoms with Crippen molar-refractivity contribution in [3.8, 4) is 6.07 Å². The van der Waals surface area contributed by atoms with Crippen LogP contribution in [0.15, 0.2) is 40.5 Å². The first-order chi connectivity index (χ1) is 7.54. The molecule has 0 spiro atoms. The van der Waals surface area contributed by atoms with E-state index in [0.717, 1.165) is 5.69 Å². The number of nitrogens with two attached hydrogens (primary N) is 1. The van der Waals surface area contributed by atoms with Crippen molar-refractivity contribution in [2.75, 3.05) is 0 Å². The van der Waals surface area contributed by atoms with Gasteiger partial charge in [-0.1, -0.05) is 17.7 Å². The van der Waals surface area contributed by atoms with Crippen LogP contribution in [0.2, 0.25) is 0 Å². The fourth-order valence-corrected chi connectivity index (χ4v) is 1.69. The van der Waals surface area contributed by atoms with Crippen LogP contribution in [0.1, 0.15) is 12.5 Å². The molecule has 0 aliphatic carbocycles. The van der Waals surface area contributed by atoms with Gasteiger partial charge in [-0.25, -0.2) is 4.99 Å². The maximum absolute atomic E-state index is 8.89. The molecule has 0 saturated heterocycles. The summed E-state index contributed by atoms with van der Waals surface area (Å²) in [6.45, 7) is 3.68. The molecular formula is C12H12BrN3. The smallest absolute Gasteiger partial charge is 0.126 e. The molecular weight excluding hydrogens is 266 g/mol. The Kier molecular flexibility index (Phi) is 4.27. The molecule has 0 amide bonds. The van der Waals surface area contributed by atoms with Crippen LogP contribution in [-0.2, 0) is 0 Å². The molecule has 0 aliphatic rings. The van der Waals surface area contributed by atoms with Gasteiger partial charge in [-0.2, -0.15) is 5.26 Å². The first-order valence-corrected chi connectivity index (χ1v) is 5.51. The molecule has 0 unspecified atom stereocenters. The Balaban J connectivity index is 3.07. The van der Waals surface area contributed by atoms with Gasteiger partial charge in [0.05, 0.1) is 5.69 Å². The minimum atomic E-state index is 0.362. The third kappa shape index (κ3) is 3.21. The Labute approximate surface area is 103 Å². The van der Waals surface area contributed by atoms with Gasteiger partial charge in [0, 0.05) is 5.70 Å². The minimum absolute atomic E-state index is 0.362. The number of nitrogens with zero attached hydrogens (tertiary/aromatic N) is 2. The maximum Gasteiger partial charge on any atom is 0.126 e. The van der Waals surface area contributed by atoms with Crippen LogP contribution < -0.4 is 5.73 Å². The molecule has 0 atom stereocenters. The third-order valence-corrected chi connectivity index (χ3v) is 2.55. The van der Waals surface area contributed by atoms with Gasteiger partial charge in [-0.05, 0) is 41.9 Å². The molecule has 1 aromatic carbocycles. The lowest BCUT2D eigenvalue weighted by molar-refractivity contribution is 1.29. The number of rotatable bonds is 2. The van der Waals surface area contributed by atoms with Crippen LogP contribution in [-0.4, -0.2) is 4.62 Å². The van der Waals surface area contributed by atoms with Gasteiger partial charge in [-0.15, -0.1) is 0 Å². The quantitative estimate of drug-likeness (QED) is 0.667. The third-order valence-electron chi connectivity index (χ3n) is 1.97. The second-order valence-corrected chi connectivity index (χ2v) is 4.16. The van der Waals surface area contributed by atoms with E-state index in [2.05, 4.69) is 20.9 Å². The predicted octanol–water partition coefficient (Wildman–Crippen LogP) is 3.18. The van der Waals surface area contributed by atoms with E-state index in [4.69, 9.17) is 11.0 Å². The number of halogens is 1. The van der Waals surface area contributed by atoms with Gasteiger partial charge in [0.25, 0.3) is 0 Å². The average Bonchev–Trinajstić information content (AvgIpc) is 2.22. The highest BCUT2D eigenvalue weighted by Crippen LogP contribution is 2.17. The number of aryl methyl sites for hydroxylation is 1. The first-order valence-electron chi connectivity index (χ1n) is 4.72. The fraction of sp³-hybridized carbons (Fsp3) is 0.167. The Morgan fingerprint density at radius 2 is 1.94 bits per heavy atom. The van der Waals surface area contributed by atoms with Crippen LogP contribution in [0.3, 0.4) is 0 Å². The van der Waals surface area contributed by atoms with Crippen LogP contribution >= 0.6 is 15.9 Å². The zero-order chi connectivity index (χ0) is 12.1. The van der Waals surface area contributed by atoms with Crippen molar-refractivity contribution < 1.29 is 0 Å². The van der Waals surface area contributed by atoms with Crippen molar-refractivity contribution in [2.24, 2.45) is 10.7 Å². The Morgan fingerprint density at radius 3 is 2.38 bits per heavy atom. The van der Waals surface area contributed by atoms with Gasteiger partial charge in [0.1, 0.15) is 16.3 Å². The monoisotopic (exact) mass is 277 g/mol. The van der Waals surface area contributed by atoms with Gasteiger partial charge < -0.3 is 5.73 Å². The molecule has 0 heterocycles. The molecule has 0 saturated carbocycles. The summed E-state index contributed by atoms with van der Waals surface area (Å²) in [5, 5.41) is 8.89. The normalized spacial score (nSPS) is 13.0. The van der Waals surface area contributed by atoms with Gasteiger partial charge in [0.15, 0.2) is 0 Å². The zero-order valence-electron chi connectivity index (χ0n) is 9.16. The summed E-state index contributed by atoms with van der Waals surface area (Å²) in [6.07, 6.45) is 0. The van der Waals surface area contributed by atoms with Crippen LogP contribution in [0, 0.1) is 18.3 Å². The number of aliphatic imine (C=N–C) groups is 1. The lowest BCUT2D eigenvalue weighted by atomic mass is 10.2. The van der Waals surface area contributed by atoms with Crippen molar-refractivity contribution in [3.05, 3.63) is 41.1 Å². The molecule has 0 aliphatic heterocycles. The predicted molar refractivity (Wildman–Crippen MR) is 69.7 cm³/mol. The Hall–Kier alpha value is -1.60. The van der Waals surface area contributed by atoms with E-state index in [0.29, 0.717) is 15.9 Å². The summed E-state index contributed by atoms with van der Waals surface area (Å²) >= 11 is 3.25. The number of allylic oxidation sites excluding steroid dienone is 2. The first kappa shape index (κ1) is 12.5. The maximum atomic E-state index is 8.89. The number of benzene rings is 1. The highest BCUT2D eigenvalue weighted by molar-refractivity contribution is 9.18. The number of hydrogen-bond acceptors (Lipinski definition) is 3. The van der Waals surface area contributed by atoms with E-state index in [1.807, 2.05) is 37.3 Å². The minimum Gasteiger partial charge on any atom is -0.401 e. The van der Waals surface area contributed by atoms with Gasteiger partial charge in [-0.3, -0.25) is 0 Å². The number of nitriles is 1. The molecule has 82 valence electrons. The Bertz CT molecular complexity index is 474. The molecule has 0 fully saturated rings. The zero-order valence-corrected chi connectivity index (χ0v) is 10.7. The van der Waals surface area contributed by atoms with E-state index >= 15 is 0 Å². The lowest BCUT2D eigenvalue weighted by Crippen LogP contribution is -2.02. The van der Waals surface area contributed by atoms with Crippen molar-refractivity contribution >= 4 is 26.2 Å². The average molecular weight is 278 g/mol. The van der Waals surface area contributed by atoms with Crippen molar-refractivity contribution in [1.82, 2.24) is 0 Å². The molecule has 16 heavy (non-hydrogen) atoms. The topological polar surface area (TPSA) is 62.2 Å². The van der Waals surface area contributed by atoms with E-state index < -0.39 is 0 Å². The molecule has 2 N–H and O–H groups in total. The molecule has 0 bridgehead atoms. The molecule has 4 heteroatoms. The summed E-state index contributed by atoms with van der Waals surface area (Å²) in [5.74, 6) is 0. The van der Waals surface area contributed by atoms with Crippen molar-refractivity contribution in [1.29, 1.82) is 5.26 Å². The van der Waals surface area contributed by atoms with Gasteiger partial charge >= 0.3 is 0 Å². The SMILES string of the molecule is CC(N)=C(C#N)C(Br)=Nc1ccc(C)cc1. The van der Waals surface area contributed by atoms with E-state index in [1.54, 1.807) is 6.92 Å². The lowest BCUT2D eigenvalue weighted by Gasteiger charge is -2.00. The second kappa shape index (κ2) is 5.47. The van der Waals surface area contributed by atoms with Crippen molar-refractivity contribution in [2.45, 2.75) is 13.8 Å². The van der Waals surface area contributed by atoms with Gasteiger partial charge in [0.2, 0.25) is 0 Å². The van der Waals surface area contributed by atoms with E-state index in [9.17, 15) is 0 Å². The van der Waals surface area contributed by atoms with E-state index in [-0.39, 0.29) is 0 Å². The summed E-state index contributed by atoms with van der Waals surface area (Å²) in [6, 6.07) is 9.71. The highest BCUT2D eigenvalue weighted by atomic mass is 79.9. The summed E-state index contributed by atoms with van der Waals surface area (Å²) < 4.78 is 0.457. The van der Waals surface area contributed by atoms with Crippen LogP contribution in [0.4, 0.5) is 5.69 Å². The molecule has 1 aromatic rings. The summed E-state index contributed by atoms with van der Waals surface area (Å²) in [7, 11) is 0. The molecule has 0 aromatic heterocycles. The second-order valence-electron chi connectivity index (χ2n) is 3.41. The molecule has 1 rings (SSSR count). The fourth-order valence-electron chi connectivity index (χ4n) is 1.09. The van der Waals surface area contributed by atoms with Crippen molar-refractivity contribution in [3.63, 3.8) is 0 Å². The van der Waals surface area contributed by atoms with Crippen LogP contribution in [0.5, 0.6) is 0 Å². The van der Waals surface area contributed by atoms with E-state index in [1.165, 1.54) is 5.56 Å². The number of hydrogen-bond donors (Lipinski definition) is 1. The summed E-state index contributed by atoms with van der Waals surface area (Å²) in [4.78, 5) is 4.27. The Morgan fingerprint density at radius 1 is 1.38 bits per heavy atom. The van der Waals surface area contributed by atoms with Crippen LogP contribution in [0.25, 0.3) is 0 Å². The summed E-state index contributed by atoms with van der Waals surface area (Å²) in [5.41, 5.74) is 8.33. The highest BCUT2D eigenvalue weighted by Gasteiger charge is 2.05. The molecule has 0 radical (unpaired) electrons. The molecule has 3 nitrogen and oxygen atoms in total. The largest absolute Gasteiger partial charge is 0.401 e. The standard InChI is InChI=1S/C12H12BrN3/c1-8-3-5-10(6-4-8)16-12(13)11(7-14)9(2)15/h3-6H,15H2,1-2H3.